The van der Waals surface area contributed by atoms with Crippen molar-refractivity contribution in [2.24, 2.45) is 0 Å². The average Bonchev–Trinajstić information content (AvgIpc) is 2.79. The lowest BCUT2D eigenvalue weighted by atomic mass is 10.1. The van der Waals surface area contributed by atoms with Crippen LogP contribution in [0.15, 0.2) is 72.0 Å². The number of carbonyl (C=O) groups is 1. The number of amides is 1. The van der Waals surface area contributed by atoms with E-state index in [9.17, 15) is 9.59 Å². The molecule has 0 aliphatic rings. The molecule has 2 aromatic carbocycles. The van der Waals surface area contributed by atoms with E-state index in [0.29, 0.717) is 23.7 Å². The van der Waals surface area contributed by atoms with Crippen LogP contribution < -0.4 is 15.6 Å². The van der Waals surface area contributed by atoms with Crippen molar-refractivity contribution in [1.82, 2.24) is 20.5 Å². The molecular weight excluding hydrogens is 392 g/mol. The van der Waals surface area contributed by atoms with Gasteiger partial charge in [0, 0.05) is 18.4 Å². The predicted octanol–water partition coefficient (Wildman–Crippen LogP) is 3.60. The van der Waals surface area contributed by atoms with Gasteiger partial charge in [0.2, 0.25) is 5.91 Å². The summed E-state index contributed by atoms with van der Waals surface area (Å²) in [6, 6.07) is 16.9. The van der Waals surface area contributed by atoms with Gasteiger partial charge < -0.3 is 15.0 Å². The summed E-state index contributed by atoms with van der Waals surface area (Å²) >= 11 is 0. The van der Waals surface area contributed by atoms with Gasteiger partial charge in [0.05, 0.1) is 12.6 Å². The highest BCUT2D eigenvalue weighted by molar-refractivity contribution is 5.76. The smallest absolute Gasteiger partial charge is 0.273 e. The fourth-order valence-corrected chi connectivity index (χ4v) is 3.02. The Morgan fingerprint density at radius 1 is 1.19 bits per heavy atom. The molecule has 0 aliphatic heterocycles. The van der Waals surface area contributed by atoms with Gasteiger partial charge in [-0.15, -0.1) is 16.8 Å². The maximum atomic E-state index is 12.4. The van der Waals surface area contributed by atoms with Crippen LogP contribution in [0.1, 0.15) is 37.1 Å². The number of hydrogen-bond acceptors (Lipinski definition) is 5. The summed E-state index contributed by atoms with van der Waals surface area (Å²) in [5.41, 5.74) is 1.59. The van der Waals surface area contributed by atoms with Gasteiger partial charge in [0.25, 0.3) is 5.56 Å². The van der Waals surface area contributed by atoms with Crippen molar-refractivity contribution in [1.29, 1.82) is 0 Å². The van der Waals surface area contributed by atoms with E-state index in [1.165, 1.54) is 0 Å². The van der Waals surface area contributed by atoms with Crippen LogP contribution in [-0.2, 0) is 11.2 Å². The van der Waals surface area contributed by atoms with E-state index < -0.39 is 0 Å². The molecule has 0 aliphatic carbocycles. The number of aryl methyl sites for hydroxylation is 1. The minimum atomic E-state index is -0.355. The van der Waals surface area contributed by atoms with E-state index in [1.807, 2.05) is 55.5 Å². The molecule has 0 bridgehead atoms. The topological polar surface area (TPSA) is 97.0 Å². The molecule has 0 saturated heterocycles. The second kappa shape index (κ2) is 10.9. The van der Waals surface area contributed by atoms with Gasteiger partial charge in [0.1, 0.15) is 11.4 Å². The van der Waals surface area contributed by atoms with Gasteiger partial charge in [-0.1, -0.05) is 48.5 Å². The summed E-state index contributed by atoms with van der Waals surface area (Å²) in [5, 5.41) is 11.1. The van der Waals surface area contributed by atoms with Crippen LogP contribution in [0.5, 0.6) is 5.75 Å². The maximum Gasteiger partial charge on any atom is 0.273 e. The second-order valence-electron chi connectivity index (χ2n) is 7.10. The monoisotopic (exact) mass is 418 g/mol. The first-order valence-corrected chi connectivity index (χ1v) is 10.2. The highest BCUT2D eigenvalue weighted by atomic mass is 16.5. The third-order valence-corrected chi connectivity index (χ3v) is 4.73. The highest BCUT2D eigenvalue weighted by Crippen LogP contribution is 2.20. The van der Waals surface area contributed by atoms with Gasteiger partial charge in [-0.05, 0) is 31.0 Å². The summed E-state index contributed by atoms with van der Waals surface area (Å²) in [6.07, 6.45) is 2.89. The Bertz CT molecular complexity index is 1080. The molecule has 31 heavy (non-hydrogen) atoms. The Morgan fingerprint density at radius 3 is 2.74 bits per heavy atom. The predicted molar refractivity (Wildman–Crippen MR) is 120 cm³/mol. The molecule has 3 rings (SSSR count). The minimum absolute atomic E-state index is 0.110. The molecule has 160 valence electrons. The summed E-state index contributed by atoms with van der Waals surface area (Å²) in [6.45, 7) is 6.11. The molecule has 0 spiro atoms. The molecule has 0 unspecified atom stereocenters. The molecule has 1 heterocycles. The Morgan fingerprint density at radius 2 is 2.00 bits per heavy atom. The molecule has 1 atom stereocenters. The van der Waals surface area contributed by atoms with Crippen LogP contribution >= 0.6 is 0 Å². The number of hydrogen-bond donors (Lipinski definition) is 2. The van der Waals surface area contributed by atoms with Crippen molar-refractivity contribution < 1.29 is 9.53 Å². The third-order valence-electron chi connectivity index (χ3n) is 4.73. The zero-order chi connectivity index (χ0) is 22.1. The lowest BCUT2D eigenvalue weighted by molar-refractivity contribution is -0.121. The largest absolute Gasteiger partial charge is 0.493 e. The van der Waals surface area contributed by atoms with E-state index in [2.05, 4.69) is 27.1 Å². The summed E-state index contributed by atoms with van der Waals surface area (Å²) < 4.78 is 5.64. The van der Waals surface area contributed by atoms with Crippen LogP contribution in [0, 0.1) is 0 Å². The number of ether oxygens (including phenoxy) is 1. The van der Waals surface area contributed by atoms with Crippen molar-refractivity contribution in [3.63, 3.8) is 0 Å². The van der Waals surface area contributed by atoms with Gasteiger partial charge in [-0.2, -0.15) is 0 Å². The SMILES string of the molecule is C=CCCOc1cccc(-c2nnc(CCC(=O)N[C@@H](C)c3ccccc3)c(=O)[nH]2)c1. The Labute approximate surface area is 181 Å². The van der Waals surface area contributed by atoms with Crippen molar-refractivity contribution in [3.05, 3.63) is 88.9 Å². The van der Waals surface area contributed by atoms with Crippen molar-refractivity contribution in [3.8, 4) is 17.1 Å². The van der Waals surface area contributed by atoms with Crippen LogP contribution in [0.25, 0.3) is 11.4 Å². The Balaban J connectivity index is 1.59. The molecule has 1 amide bonds. The van der Waals surface area contributed by atoms with Gasteiger partial charge in [-0.25, -0.2) is 0 Å². The fourth-order valence-electron chi connectivity index (χ4n) is 3.02. The first-order chi connectivity index (χ1) is 15.1. The number of H-pyrrole nitrogens is 1. The number of benzene rings is 2. The molecular formula is C24H26N4O3. The molecule has 1 aromatic heterocycles. The van der Waals surface area contributed by atoms with Crippen LogP contribution in [0.4, 0.5) is 0 Å². The van der Waals surface area contributed by atoms with Gasteiger partial charge >= 0.3 is 0 Å². The van der Waals surface area contributed by atoms with Crippen LogP contribution in [0.3, 0.4) is 0 Å². The van der Waals surface area contributed by atoms with Crippen molar-refractivity contribution >= 4 is 5.91 Å². The number of nitrogens with zero attached hydrogens (tertiary/aromatic N) is 2. The van der Waals surface area contributed by atoms with Crippen LogP contribution in [-0.4, -0.2) is 27.7 Å². The van der Waals surface area contributed by atoms with Crippen molar-refractivity contribution in [2.75, 3.05) is 6.61 Å². The third kappa shape index (κ3) is 6.37. The molecule has 0 radical (unpaired) electrons. The van der Waals surface area contributed by atoms with Gasteiger partial charge in [0.15, 0.2) is 5.82 Å². The Kier molecular flexibility index (Phi) is 7.70. The molecule has 0 fully saturated rings. The zero-order valence-electron chi connectivity index (χ0n) is 17.5. The summed E-state index contributed by atoms with van der Waals surface area (Å²) in [5.74, 6) is 0.881. The number of rotatable bonds is 10. The summed E-state index contributed by atoms with van der Waals surface area (Å²) in [7, 11) is 0. The van der Waals surface area contributed by atoms with E-state index >= 15 is 0 Å². The second-order valence-corrected chi connectivity index (χ2v) is 7.10. The van der Waals surface area contributed by atoms with E-state index in [0.717, 1.165) is 12.0 Å². The van der Waals surface area contributed by atoms with E-state index in [-0.39, 0.29) is 36.0 Å². The number of nitrogens with one attached hydrogen (secondary N) is 2. The van der Waals surface area contributed by atoms with Crippen LogP contribution in [0.2, 0.25) is 0 Å². The standard InChI is InChI=1S/C24H26N4O3/c1-3-4-15-31-20-12-8-11-19(16-20)23-26-24(30)21(27-28-23)13-14-22(29)25-17(2)18-9-6-5-7-10-18/h3,5-12,16-17H,1,4,13-15H2,2H3,(H,25,29)(H,26,28,30)/t17-/m0/s1. The number of aromatic amines is 1. The lowest BCUT2D eigenvalue weighted by Gasteiger charge is -2.14. The molecule has 2 N–H and O–H groups in total. The lowest BCUT2D eigenvalue weighted by Crippen LogP contribution is -2.28. The first-order valence-electron chi connectivity index (χ1n) is 10.2. The first kappa shape index (κ1) is 22.0. The molecule has 7 nitrogen and oxygen atoms in total. The van der Waals surface area contributed by atoms with Crippen molar-refractivity contribution in [2.45, 2.75) is 32.2 Å². The molecule has 0 saturated carbocycles. The number of carbonyl (C=O) groups excluding carboxylic acids is 1. The molecule has 3 aromatic rings. The Hall–Kier alpha value is -3.74. The number of aromatic nitrogens is 3. The summed E-state index contributed by atoms with van der Waals surface area (Å²) in [4.78, 5) is 27.4. The quantitative estimate of drug-likeness (QED) is 0.387. The van der Waals surface area contributed by atoms with E-state index in [1.54, 1.807) is 12.1 Å². The molecule has 7 heteroatoms. The zero-order valence-corrected chi connectivity index (χ0v) is 17.5. The van der Waals surface area contributed by atoms with Gasteiger partial charge in [-0.3, -0.25) is 9.59 Å². The average molecular weight is 418 g/mol. The highest BCUT2D eigenvalue weighted by Gasteiger charge is 2.12. The van der Waals surface area contributed by atoms with E-state index in [4.69, 9.17) is 4.74 Å². The maximum absolute atomic E-state index is 12.4. The minimum Gasteiger partial charge on any atom is -0.493 e. The normalized spacial score (nSPS) is 11.5. The fraction of sp³-hybridized carbons (Fsp3) is 0.250.